The molecule has 4 rings (SSSR count). The molecule has 1 atom stereocenters. The molecule has 31 heavy (non-hydrogen) atoms. The quantitative estimate of drug-likeness (QED) is 0.592. The van der Waals surface area contributed by atoms with E-state index in [1.54, 1.807) is 29.2 Å². The minimum absolute atomic E-state index is 0.210. The number of hydrogen-bond donors (Lipinski definition) is 2. The minimum atomic E-state index is -0.230. The van der Waals surface area contributed by atoms with E-state index in [0.29, 0.717) is 23.2 Å². The summed E-state index contributed by atoms with van der Waals surface area (Å²) < 4.78 is 1.75. The Kier molecular flexibility index (Phi) is 5.99. The fourth-order valence-corrected chi connectivity index (χ4v) is 4.04. The molecule has 1 aliphatic rings. The number of anilines is 2. The average molecular weight is 420 g/mol. The van der Waals surface area contributed by atoms with E-state index >= 15 is 0 Å². The van der Waals surface area contributed by atoms with Gasteiger partial charge in [0.2, 0.25) is 5.78 Å². The first kappa shape index (κ1) is 21.0. The second-order valence-electron chi connectivity index (χ2n) is 8.49. The van der Waals surface area contributed by atoms with E-state index in [4.69, 9.17) is 10.7 Å². The number of aromatic nitrogens is 4. The molecule has 3 aromatic rings. The molecule has 162 valence electrons. The zero-order valence-electron chi connectivity index (χ0n) is 18.2. The molecule has 0 spiro atoms. The molecule has 0 unspecified atom stereocenters. The molecule has 0 radical (unpaired) electrons. The van der Waals surface area contributed by atoms with Crippen LogP contribution in [0, 0.1) is 5.92 Å². The van der Waals surface area contributed by atoms with Gasteiger partial charge in [0, 0.05) is 50.7 Å². The van der Waals surface area contributed by atoms with Crippen LogP contribution in [0.25, 0.3) is 11.1 Å². The standard InChI is InChI=1S/C23H29N7O/c1-15(2)9-18-14-30(8-7-25-18)21-11-16(17-12-27-29(3)13-17)10-20(28-21)22(31)19-5-4-6-26-23(19)24/h4-6,10-13,15,18,25H,7-9,14H2,1-3H3,(H2,24,26)/t18-/m1/s1. The highest BCUT2D eigenvalue weighted by atomic mass is 16.1. The van der Waals surface area contributed by atoms with Gasteiger partial charge in [-0.1, -0.05) is 13.8 Å². The first-order valence-corrected chi connectivity index (χ1v) is 10.7. The van der Waals surface area contributed by atoms with E-state index in [0.717, 1.165) is 43.0 Å². The number of nitrogens with zero attached hydrogens (tertiary/aromatic N) is 5. The number of hydrogen-bond acceptors (Lipinski definition) is 7. The second-order valence-corrected chi connectivity index (χ2v) is 8.49. The van der Waals surface area contributed by atoms with E-state index < -0.39 is 0 Å². The summed E-state index contributed by atoms with van der Waals surface area (Å²) in [6.07, 6.45) is 6.40. The van der Waals surface area contributed by atoms with Crippen LogP contribution in [0.15, 0.2) is 42.9 Å². The van der Waals surface area contributed by atoms with Crippen LogP contribution in [0.1, 0.15) is 36.3 Å². The molecule has 0 saturated carbocycles. The highest BCUT2D eigenvalue weighted by molar-refractivity contribution is 6.11. The molecule has 8 nitrogen and oxygen atoms in total. The lowest BCUT2D eigenvalue weighted by atomic mass is 10.0. The summed E-state index contributed by atoms with van der Waals surface area (Å²) in [4.78, 5) is 24.3. The molecule has 3 N–H and O–H groups in total. The molecule has 0 bridgehead atoms. The zero-order valence-corrected chi connectivity index (χ0v) is 18.2. The van der Waals surface area contributed by atoms with E-state index in [9.17, 15) is 4.79 Å². The van der Waals surface area contributed by atoms with Crippen LogP contribution in [-0.4, -0.2) is 51.2 Å². The SMILES string of the molecule is CC(C)C[C@@H]1CN(c2cc(-c3cnn(C)c3)cc(C(=O)c3cccnc3N)n2)CCN1. The Bertz CT molecular complexity index is 1080. The van der Waals surface area contributed by atoms with Crippen LogP contribution in [0.2, 0.25) is 0 Å². The van der Waals surface area contributed by atoms with Gasteiger partial charge < -0.3 is 16.0 Å². The van der Waals surface area contributed by atoms with Gasteiger partial charge in [0.25, 0.3) is 0 Å². The fraction of sp³-hybridized carbons (Fsp3) is 0.391. The van der Waals surface area contributed by atoms with Gasteiger partial charge in [-0.25, -0.2) is 9.97 Å². The zero-order chi connectivity index (χ0) is 22.0. The Labute approximate surface area is 182 Å². The van der Waals surface area contributed by atoms with Crippen molar-refractivity contribution in [3.05, 3.63) is 54.1 Å². The third-order valence-electron chi connectivity index (χ3n) is 5.50. The maximum atomic E-state index is 13.3. The van der Waals surface area contributed by atoms with Crippen LogP contribution in [0.5, 0.6) is 0 Å². The molecule has 0 aliphatic carbocycles. The third-order valence-corrected chi connectivity index (χ3v) is 5.50. The predicted molar refractivity (Wildman–Crippen MR) is 122 cm³/mol. The number of nitrogens with one attached hydrogen (secondary N) is 1. The lowest BCUT2D eigenvalue weighted by Gasteiger charge is -2.35. The topological polar surface area (TPSA) is 102 Å². The Balaban J connectivity index is 1.73. The molecule has 1 fully saturated rings. The molecule has 1 aliphatic heterocycles. The van der Waals surface area contributed by atoms with Crippen LogP contribution in [0.3, 0.4) is 0 Å². The average Bonchev–Trinajstić information content (AvgIpc) is 3.19. The van der Waals surface area contributed by atoms with Crippen LogP contribution in [-0.2, 0) is 7.05 Å². The Morgan fingerprint density at radius 1 is 1.32 bits per heavy atom. The number of carbonyl (C=O) groups excluding carboxylic acids is 1. The Morgan fingerprint density at radius 3 is 2.87 bits per heavy atom. The number of piperazine rings is 1. The Morgan fingerprint density at radius 2 is 2.16 bits per heavy atom. The summed E-state index contributed by atoms with van der Waals surface area (Å²) in [6.45, 7) is 7.04. The number of aryl methyl sites for hydroxylation is 1. The number of pyridine rings is 2. The van der Waals surface area contributed by atoms with Crippen molar-refractivity contribution in [1.29, 1.82) is 0 Å². The summed E-state index contributed by atoms with van der Waals surface area (Å²) in [5.41, 5.74) is 8.53. The highest BCUT2D eigenvalue weighted by Crippen LogP contribution is 2.27. The van der Waals surface area contributed by atoms with Crippen molar-refractivity contribution in [3.63, 3.8) is 0 Å². The molecule has 0 aromatic carbocycles. The number of carbonyl (C=O) groups is 1. The first-order chi connectivity index (χ1) is 14.9. The lowest BCUT2D eigenvalue weighted by Crippen LogP contribution is -2.51. The summed E-state index contributed by atoms with van der Waals surface area (Å²) in [5, 5.41) is 7.88. The van der Waals surface area contributed by atoms with Crippen molar-refractivity contribution in [2.24, 2.45) is 13.0 Å². The molecule has 0 amide bonds. The van der Waals surface area contributed by atoms with Gasteiger partial charge in [-0.15, -0.1) is 0 Å². The first-order valence-electron chi connectivity index (χ1n) is 10.7. The van der Waals surface area contributed by atoms with Crippen LogP contribution < -0.4 is 16.0 Å². The summed E-state index contributed by atoms with van der Waals surface area (Å²) in [5.74, 6) is 1.38. The van der Waals surface area contributed by atoms with Gasteiger partial charge in [0.05, 0.1) is 11.8 Å². The smallest absolute Gasteiger partial charge is 0.215 e. The minimum Gasteiger partial charge on any atom is -0.383 e. The van der Waals surface area contributed by atoms with Crippen molar-refractivity contribution in [2.45, 2.75) is 26.3 Å². The predicted octanol–water partition coefficient (Wildman–Crippen LogP) is 2.51. The van der Waals surface area contributed by atoms with Gasteiger partial charge in [0.1, 0.15) is 17.3 Å². The third kappa shape index (κ3) is 4.74. The van der Waals surface area contributed by atoms with Crippen molar-refractivity contribution >= 4 is 17.4 Å². The van der Waals surface area contributed by atoms with Crippen LogP contribution >= 0.6 is 0 Å². The normalized spacial score (nSPS) is 16.6. The van der Waals surface area contributed by atoms with Crippen molar-refractivity contribution < 1.29 is 4.79 Å². The Hall–Kier alpha value is -3.26. The molecule has 1 saturated heterocycles. The number of nitrogen functional groups attached to an aromatic ring is 1. The summed E-state index contributed by atoms with van der Waals surface area (Å²) >= 11 is 0. The van der Waals surface area contributed by atoms with Crippen molar-refractivity contribution in [2.75, 3.05) is 30.3 Å². The van der Waals surface area contributed by atoms with E-state index in [1.807, 2.05) is 25.4 Å². The molecule has 4 heterocycles. The second kappa shape index (κ2) is 8.85. The van der Waals surface area contributed by atoms with E-state index in [1.165, 1.54) is 0 Å². The number of nitrogens with two attached hydrogens (primary N) is 1. The van der Waals surface area contributed by atoms with Crippen LogP contribution in [0.4, 0.5) is 11.6 Å². The lowest BCUT2D eigenvalue weighted by molar-refractivity contribution is 0.103. The summed E-state index contributed by atoms with van der Waals surface area (Å²) in [7, 11) is 1.88. The highest BCUT2D eigenvalue weighted by Gasteiger charge is 2.24. The van der Waals surface area contributed by atoms with Gasteiger partial charge in [0.15, 0.2) is 0 Å². The molecule has 3 aromatic heterocycles. The van der Waals surface area contributed by atoms with Crippen molar-refractivity contribution in [1.82, 2.24) is 25.1 Å². The molecular formula is C23H29N7O. The van der Waals surface area contributed by atoms with E-state index in [-0.39, 0.29) is 11.6 Å². The van der Waals surface area contributed by atoms with Gasteiger partial charge in [-0.3, -0.25) is 9.48 Å². The maximum Gasteiger partial charge on any atom is 0.215 e. The summed E-state index contributed by atoms with van der Waals surface area (Å²) in [6, 6.07) is 7.64. The van der Waals surface area contributed by atoms with Gasteiger partial charge in [-0.2, -0.15) is 5.10 Å². The number of rotatable bonds is 6. The number of ketones is 1. The van der Waals surface area contributed by atoms with Crippen molar-refractivity contribution in [3.8, 4) is 11.1 Å². The van der Waals surface area contributed by atoms with Gasteiger partial charge >= 0.3 is 0 Å². The molecule has 8 heteroatoms. The van der Waals surface area contributed by atoms with E-state index in [2.05, 4.69) is 34.1 Å². The monoisotopic (exact) mass is 419 g/mol. The fourth-order valence-electron chi connectivity index (χ4n) is 4.04. The molecular weight excluding hydrogens is 390 g/mol. The largest absolute Gasteiger partial charge is 0.383 e. The van der Waals surface area contributed by atoms with Gasteiger partial charge in [-0.05, 0) is 42.2 Å². The maximum absolute atomic E-state index is 13.3.